The average Bonchev–Trinajstić information content (AvgIpc) is 2.61. The van der Waals surface area contributed by atoms with Crippen molar-refractivity contribution in [3.8, 4) is 0 Å². The van der Waals surface area contributed by atoms with Crippen LogP contribution in [0.5, 0.6) is 0 Å². The van der Waals surface area contributed by atoms with Gasteiger partial charge in [-0.2, -0.15) is 0 Å². The maximum Gasteiger partial charge on any atom is 0.144 e. The molecule has 1 aliphatic heterocycles. The highest BCUT2D eigenvalue weighted by molar-refractivity contribution is 5.24. The summed E-state index contributed by atoms with van der Waals surface area (Å²) < 4.78 is 5.44. The van der Waals surface area contributed by atoms with E-state index in [1.165, 1.54) is 18.4 Å². The van der Waals surface area contributed by atoms with Crippen LogP contribution in [-0.2, 0) is 6.42 Å². The molecule has 1 aromatic heterocycles. The molecule has 3 nitrogen and oxygen atoms in total. The Balaban J connectivity index is 2.18. The van der Waals surface area contributed by atoms with Gasteiger partial charge in [0.15, 0.2) is 0 Å². The second kappa shape index (κ2) is 4.13. The van der Waals surface area contributed by atoms with E-state index in [-0.39, 0.29) is 0 Å². The lowest BCUT2D eigenvalue weighted by atomic mass is 9.94. The lowest BCUT2D eigenvalue weighted by Gasteiger charge is -2.20. The molecule has 1 aromatic rings. The first-order valence-electron chi connectivity index (χ1n) is 5.48. The van der Waals surface area contributed by atoms with Crippen LogP contribution in [0.3, 0.4) is 0 Å². The van der Waals surface area contributed by atoms with E-state index in [0.29, 0.717) is 5.92 Å². The molecule has 0 amide bonds. The van der Waals surface area contributed by atoms with Gasteiger partial charge in [0, 0.05) is 18.0 Å². The molecule has 1 aliphatic rings. The number of aromatic nitrogens is 1. The number of aryl methyl sites for hydroxylation is 1. The Hall–Kier alpha value is -0.830. The molecule has 1 atom stereocenters. The molecule has 0 aromatic carbocycles. The van der Waals surface area contributed by atoms with Gasteiger partial charge in [0.1, 0.15) is 5.76 Å². The Kier molecular flexibility index (Phi) is 2.87. The Bertz CT molecular complexity index is 300. The molecule has 14 heavy (non-hydrogen) atoms. The third kappa shape index (κ3) is 1.69. The minimum atomic E-state index is 0.538. The van der Waals surface area contributed by atoms with E-state index in [9.17, 15) is 0 Å². The van der Waals surface area contributed by atoms with E-state index in [1.54, 1.807) is 0 Å². The van der Waals surface area contributed by atoms with Gasteiger partial charge in [-0.1, -0.05) is 12.1 Å². The first-order chi connectivity index (χ1) is 6.83. The van der Waals surface area contributed by atoms with Crippen LogP contribution in [0.2, 0.25) is 0 Å². The van der Waals surface area contributed by atoms with Crippen LogP contribution in [-0.4, -0.2) is 18.2 Å². The molecule has 1 saturated heterocycles. The zero-order chi connectivity index (χ0) is 9.97. The summed E-state index contributed by atoms with van der Waals surface area (Å²) >= 11 is 0. The van der Waals surface area contributed by atoms with Crippen LogP contribution in [0.15, 0.2) is 4.52 Å². The van der Waals surface area contributed by atoms with E-state index in [2.05, 4.69) is 24.3 Å². The molecular weight excluding hydrogens is 176 g/mol. The summed E-state index contributed by atoms with van der Waals surface area (Å²) in [4.78, 5) is 0. The van der Waals surface area contributed by atoms with E-state index < -0.39 is 0 Å². The molecule has 0 spiro atoms. The summed E-state index contributed by atoms with van der Waals surface area (Å²) in [5.41, 5.74) is 2.38. The molecule has 1 unspecified atom stereocenters. The number of hydrogen-bond acceptors (Lipinski definition) is 3. The third-order valence-corrected chi connectivity index (χ3v) is 3.06. The van der Waals surface area contributed by atoms with E-state index in [1.807, 2.05) is 0 Å². The maximum absolute atomic E-state index is 5.44. The fourth-order valence-electron chi connectivity index (χ4n) is 2.17. The monoisotopic (exact) mass is 194 g/mol. The van der Waals surface area contributed by atoms with Gasteiger partial charge in [-0.25, -0.2) is 0 Å². The number of nitrogens with one attached hydrogen (secondary N) is 1. The number of nitrogens with zero attached hydrogens (tertiary/aromatic N) is 1. The van der Waals surface area contributed by atoms with Crippen molar-refractivity contribution in [2.75, 3.05) is 13.1 Å². The molecule has 2 heterocycles. The Labute approximate surface area is 84.9 Å². The summed E-state index contributed by atoms with van der Waals surface area (Å²) in [6, 6.07) is 0. The van der Waals surface area contributed by atoms with E-state index >= 15 is 0 Å². The highest BCUT2D eigenvalue weighted by Gasteiger charge is 2.22. The Morgan fingerprint density at radius 2 is 2.43 bits per heavy atom. The van der Waals surface area contributed by atoms with Crippen molar-refractivity contribution in [1.29, 1.82) is 0 Å². The maximum atomic E-state index is 5.44. The van der Waals surface area contributed by atoms with Crippen molar-refractivity contribution >= 4 is 0 Å². The lowest BCUT2D eigenvalue weighted by Crippen LogP contribution is -2.28. The highest BCUT2D eigenvalue weighted by atomic mass is 16.5. The molecule has 1 fully saturated rings. The second-order valence-corrected chi connectivity index (χ2v) is 4.02. The minimum Gasteiger partial charge on any atom is -0.361 e. The van der Waals surface area contributed by atoms with Crippen molar-refractivity contribution < 1.29 is 4.52 Å². The van der Waals surface area contributed by atoms with Crippen molar-refractivity contribution in [3.05, 3.63) is 17.0 Å². The fourth-order valence-corrected chi connectivity index (χ4v) is 2.17. The normalized spacial score (nSPS) is 22.6. The predicted molar refractivity (Wildman–Crippen MR) is 55.5 cm³/mol. The summed E-state index contributed by atoms with van der Waals surface area (Å²) in [6.45, 7) is 6.43. The SMILES string of the molecule is CCc1noc(C2CCCNC2)c1C. The van der Waals surface area contributed by atoms with Crippen LogP contribution in [0.25, 0.3) is 0 Å². The van der Waals surface area contributed by atoms with Crippen molar-refractivity contribution in [2.45, 2.75) is 39.0 Å². The zero-order valence-electron chi connectivity index (χ0n) is 8.97. The molecule has 1 N–H and O–H groups in total. The van der Waals surface area contributed by atoms with E-state index in [4.69, 9.17) is 4.52 Å². The van der Waals surface area contributed by atoms with Gasteiger partial charge in [0.05, 0.1) is 5.69 Å². The van der Waals surface area contributed by atoms with Crippen LogP contribution < -0.4 is 5.32 Å². The van der Waals surface area contributed by atoms with Gasteiger partial charge >= 0.3 is 0 Å². The Morgan fingerprint density at radius 3 is 3.00 bits per heavy atom. The number of rotatable bonds is 2. The van der Waals surface area contributed by atoms with Gasteiger partial charge < -0.3 is 9.84 Å². The largest absolute Gasteiger partial charge is 0.361 e. The molecule has 0 bridgehead atoms. The van der Waals surface area contributed by atoms with Gasteiger partial charge in [-0.05, 0) is 32.7 Å². The molecule has 0 saturated carbocycles. The van der Waals surface area contributed by atoms with Crippen molar-refractivity contribution in [1.82, 2.24) is 10.5 Å². The lowest BCUT2D eigenvalue weighted by molar-refractivity contribution is 0.325. The topological polar surface area (TPSA) is 38.1 Å². The van der Waals surface area contributed by atoms with Gasteiger partial charge in [-0.3, -0.25) is 0 Å². The first kappa shape index (κ1) is 9.71. The summed E-state index contributed by atoms with van der Waals surface area (Å²) in [7, 11) is 0. The molecular formula is C11H18N2O. The summed E-state index contributed by atoms with van der Waals surface area (Å²) in [5.74, 6) is 1.64. The predicted octanol–water partition coefficient (Wildman–Crippen LogP) is 2.01. The van der Waals surface area contributed by atoms with Crippen molar-refractivity contribution in [3.63, 3.8) is 0 Å². The van der Waals surface area contributed by atoms with E-state index in [0.717, 1.165) is 31.0 Å². The molecule has 2 rings (SSSR count). The zero-order valence-corrected chi connectivity index (χ0v) is 8.97. The molecule has 78 valence electrons. The fraction of sp³-hybridized carbons (Fsp3) is 0.727. The van der Waals surface area contributed by atoms with Crippen LogP contribution in [0.4, 0.5) is 0 Å². The average molecular weight is 194 g/mol. The summed E-state index contributed by atoms with van der Waals surface area (Å²) in [5, 5.41) is 7.51. The second-order valence-electron chi connectivity index (χ2n) is 4.02. The molecule has 0 aliphatic carbocycles. The highest BCUT2D eigenvalue weighted by Crippen LogP contribution is 2.27. The smallest absolute Gasteiger partial charge is 0.144 e. The van der Waals surface area contributed by atoms with Gasteiger partial charge in [-0.15, -0.1) is 0 Å². The summed E-state index contributed by atoms with van der Waals surface area (Å²) in [6.07, 6.45) is 3.44. The van der Waals surface area contributed by atoms with Crippen LogP contribution >= 0.6 is 0 Å². The quantitative estimate of drug-likeness (QED) is 0.782. The third-order valence-electron chi connectivity index (χ3n) is 3.06. The molecule has 0 radical (unpaired) electrons. The van der Waals surface area contributed by atoms with Crippen LogP contribution in [0, 0.1) is 6.92 Å². The van der Waals surface area contributed by atoms with Crippen LogP contribution in [0.1, 0.15) is 42.7 Å². The number of piperidine rings is 1. The minimum absolute atomic E-state index is 0.538. The standard InChI is InChI=1S/C11H18N2O/c1-3-10-8(2)11(14-13-10)9-5-4-6-12-7-9/h9,12H,3-7H2,1-2H3. The first-order valence-corrected chi connectivity index (χ1v) is 5.48. The van der Waals surface area contributed by atoms with Gasteiger partial charge in [0.2, 0.25) is 0 Å². The van der Waals surface area contributed by atoms with Gasteiger partial charge in [0.25, 0.3) is 0 Å². The van der Waals surface area contributed by atoms with Crippen molar-refractivity contribution in [2.24, 2.45) is 0 Å². The molecule has 3 heteroatoms. The number of hydrogen-bond donors (Lipinski definition) is 1. The Morgan fingerprint density at radius 1 is 1.57 bits per heavy atom.